The Labute approximate surface area is 172 Å². The average Bonchev–Trinajstić information content (AvgIpc) is 3.10. The van der Waals surface area contributed by atoms with E-state index in [4.69, 9.17) is 18.9 Å². The van der Waals surface area contributed by atoms with Crippen LogP contribution in [-0.4, -0.2) is 39.4 Å². The van der Waals surface area contributed by atoms with Crippen LogP contribution >= 0.6 is 0 Å². The topological polar surface area (TPSA) is 80.0 Å². The first-order valence-electron chi connectivity index (χ1n) is 9.85. The predicted octanol–water partition coefficient (Wildman–Crippen LogP) is 3.47. The Morgan fingerprint density at radius 2 is 1.70 bits per heavy atom. The largest absolute Gasteiger partial charge is 0.490 e. The number of aromatic nitrogens is 4. The van der Waals surface area contributed by atoms with Gasteiger partial charge in [-0.1, -0.05) is 12.1 Å². The van der Waals surface area contributed by atoms with Crippen LogP contribution in [0, 0.1) is 0 Å². The fourth-order valence-corrected chi connectivity index (χ4v) is 3.63. The minimum absolute atomic E-state index is 0.341. The summed E-state index contributed by atoms with van der Waals surface area (Å²) in [5, 5.41) is 4.68. The second-order valence-electron chi connectivity index (χ2n) is 7.09. The quantitative estimate of drug-likeness (QED) is 0.508. The molecular weight excluding hydrogens is 384 g/mol. The highest BCUT2D eigenvalue weighted by molar-refractivity contribution is 5.65. The molecule has 2 aliphatic rings. The molecule has 0 aliphatic carbocycles. The molecule has 30 heavy (non-hydrogen) atoms. The Hall–Kier alpha value is -3.81. The highest BCUT2D eigenvalue weighted by atomic mass is 16.6. The van der Waals surface area contributed by atoms with Crippen LogP contribution in [0.3, 0.4) is 0 Å². The number of benzene rings is 2. The van der Waals surface area contributed by atoms with Crippen molar-refractivity contribution < 1.29 is 18.9 Å². The van der Waals surface area contributed by atoms with Crippen molar-refractivity contribution in [3.05, 3.63) is 60.6 Å². The molecule has 1 unspecified atom stereocenters. The van der Waals surface area contributed by atoms with Crippen molar-refractivity contribution in [2.75, 3.05) is 19.8 Å². The molecule has 0 amide bonds. The lowest BCUT2D eigenvalue weighted by Gasteiger charge is -2.24. The summed E-state index contributed by atoms with van der Waals surface area (Å²) in [5.41, 5.74) is 1.79. The molecular formula is C22H18N4O4. The first kappa shape index (κ1) is 17.1. The van der Waals surface area contributed by atoms with Crippen molar-refractivity contribution >= 4 is 5.78 Å². The van der Waals surface area contributed by atoms with Gasteiger partial charge in [-0.15, -0.1) is 5.10 Å². The van der Waals surface area contributed by atoms with Gasteiger partial charge < -0.3 is 18.9 Å². The van der Waals surface area contributed by atoms with Gasteiger partial charge in [0.05, 0.1) is 18.9 Å². The highest BCUT2D eigenvalue weighted by Gasteiger charge is 2.27. The van der Waals surface area contributed by atoms with Gasteiger partial charge in [0.15, 0.2) is 34.9 Å². The van der Waals surface area contributed by atoms with E-state index >= 15 is 0 Å². The van der Waals surface area contributed by atoms with Crippen molar-refractivity contribution in [3.8, 4) is 34.3 Å². The summed E-state index contributed by atoms with van der Waals surface area (Å²) in [5.74, 6) is 3.92. The Kier molecular flexibility index (Phi) is 3.93. The monoisotopic (exact) mass is 402 g/mol. The van der Waals surface area contributed by atoms with Crippen LogP contribution in [0.4, 0.5) is 0 Å². The van der Waals surface area contributed by atoms with Crippen LogP contribution in [0.1, 0.15) is 18.3 Å². The molecule has 0 radical (unpaired) electrons. The zero-order chi connectivity index (χ0) is 19.9. The van der Waals surface area contributed by atoms with E-state index in [9.17, 15) is 0 Å². The van der Waals surface area contributed by atoms with Gasteiger partial charge in [0.1, 0.15) is 6.61 Å². The zero-order valence-corrected chi connectivity index (χ0v) is 16.0. The van der Waals surface area contributed by atoms with E-state index in [0.29, 0.717) is 37.2 Å². The molecule has 4 heterocycles. The predicted molar refractivity (Wildman–Crippen MR) is 107 cm³/mol. The zero-order valence-electron chi connectivity index (χ0n) is 16.0. The molecule has 6 rings (SSSR count). The summed E-state index contributed by atoms with van der Waals surface area (Å²) in [6, 6.07) is 15.4. The molecule has 8 heteroatoms. The fourth-order valence-electron chi connectivity index (χ4n) is 3.63. The van der Waals surface area contributed by atoms with E-state index in [1.165, 1.54) is 0 Å². The van der Waals surface area contributed by atoms with Gasteiger partial charge in [-0.25, -0.2) is 4.98 Å². The minimum Gasteiger partial charge on any atom is -0.490 e. The van der Waals surface area contributed by atoms with Gasteiger partial charge in [-0.2, -0.15) is 9.50 Å². The summed E-state index contributed by atoms with van der Waals surface area (Å²) < 4.78 is 25.2. The van der Waals surface area contributed by atoms with E-state index < -0.39 is 6.10 Å². The van der Waals surface area contributed by atoms with Gasteiger partial charge in [-0.05, 0) is 36.4 Å². The summed E-state index contributed by atoms with van der Waals surface area (Å²) in [4.78, 5) is 8.94. The summed E-state index contributed by atoms with van der Waals surface area (Å²) >= 11 is 0. The molecule has 8 nitrogen and oxygen atoms in total. The van der Waals surface area contributed by atoms with E-state index in [2.05, 4.69) is 15.1 Å². The van der Waals surface area contributed by atoms with Gasteiger partial charge in [0.25, 0.3) is 5.78 Å². The molecule has 150 valence electrons. The van der Waals surface area contributed by atoms with Crippen LogP contribution in [0.2, 0.25) is 0 Å². The molecule has 0 saturated heterocycles. The maximum Gasteiger partial charge on any atom is 0.253 e. The molecule has 4 aromatic rings. The van der Waals surface area contributed by atoms with E-state index in [0.717, 1.165) is 34.9 Å². The molecule has 2 aromatic heterocycles. The van der Waals surface area contributed by atoms with Gasteiger partial charge in [-0.3, -0.25) is 0 Å². The van der Waals surface area contributed by atoms with Crippen molar-refractivity contribution in [3.63, 3.8) is 0 Å². The number of para-hydroxylation sites is 2. The number of hydrogen-bond donors (Lipinski definition) is 0. The van der Waals surface area contributed by atoms with Crippen LogP contribution in [0.5, 0.6) is 23.0 Å². The number of fused-ring (bicyclic) bond motifs is 3. The average molecular weight is 402 g/mol. The van der Waals surface area contributed by atoms with Crippen LogP contribution in [0.25, 0.3) is 17.0 Å². The van der Waals surface area contributed by atoms with Crippen molar-refractivity contribution in [1.29, 1.82) is 0 Å². The van der Waals surface area contributed by atoms with Crippen molar-refractivity contribution in [2.24, 2.45) is 0 Å². The molecule has 0 N–H and O–H groups in total. The first-order chi connectivity index (χ1) is 14.8. The van der Waals surface area contributed by atoms with Gasteiger partial charge >= 0.3 is 0 Å². The van der Waals surface area contributed by atoms with E-state index in [-0.39, 0.29) is 0 Å². The van der Waals surface area contributed by atoms with Gasteiger partial charge in [0.2, 0.25) is 0 Å². The van der Waals surface area contributed by atoms with Crippen LogP contribution < -0.4 is 18.9 Å². The highest BCUT2D eigenvalue weighted by Crippen LogP contribution is 2.36. The first-order valence-corrected chi connectivity index (χ1v) is 9.85. The third-order valence-corrected chi connectivity index (χ3v) is 5.10. The molecule has 0 saturated carbocycles. The smallest absolute Gasteiger partial charge is 0.253 e. The Morgan fingerprint density at radius 3 is 2.63 bits per heavy atom. The maximum atomic E-state index is 6.05. The Bertz CT molecular complexity index is 1240. The van der Waals surface area contributed by atoms with E-state index in [1.807, 2.05) is 48.5 Å². The van der Waals surface area contributed by atoms with E-state index in [1.54, 1.807) is 10.7 Å². The number of nitrogens with zero attached hydrogens (tertiary/aromatic N) is 4. The summed E-state index contributed by atoms with van der Waals surface area (Å²) in [6.45, 7) is 1.63. The lowest BCUT2D eigenvalue weighted by molar-refractivity contribution is 0.0852. The summed E-state index contributed by atoms with van der Waals surface area (Å²) in [7, 11) is 0. The second kappa shape index (κ2) is 6.91. The molecule has 0 bridgehead atoms. The lowest BCUT2D eigenvalue weighted by Crippen LogP contribution is -2.22. The maximum absolute atomic E-state index is 6.05. The lowest BCUT2D eigenvalue weighted by atomic mass is 10.1. The second-order valence-corrected chi connectivity index (χ2v) is 7.09. The van der Waals surface area contributed by atoms with Crippen LogP contribution in [-0.2, 0) is 0 Å². The van der Waals surface area contributed by atoms with Gasteiger partial charge in [0, 0.05) is 18.2 Å². The third-order valence-electron chi connectivity index (χ3n) is 5.10. The molecule has 2 aromatic carbocycles. The van der Waals surface area contributed by atoms with Crippen molar-refractivity contribution in [1.82, 2.24) is 19.6 Å². The Balaban J connectivity index is 1.38. The Morgan fingerprint density at radius 1 is 0.867 bits per heavy atom. The number of rotatable bonds is 2. The van der Waals surface area contributed by atoms with Crippen molar-refractivity contribution in [2.45, 2.75) is 12.5 Å². The third kappa shape index (κ3) is 2.88. The molecule has 2 aliphatic heterocycles. The fraction of sp³-hybridized carbons (Fsp3) is 0.227. The SMILES string of the molecule is c1ccc2c(c1)OCC(c1nc3nccc(-c4ccc5c(c4)OCCCO5)n3n1)O2. The standard InChI is InChI=1S/C22H18N4O4/c1-2-5-18-16(4-1)29-13-20(30-18)21-24-22-23-9-8-15(26(22)25-21)14-6-7-17-19(12-14)28-11-3-10-27-17/h1-2,4-9,12,20H,3,10-11,13H2. The molecule has 0 spiro atoms. The van der Waals surface area contributed by atoms with Crippen LogP contribution in [0.15, 0.2) is 54.7 Å². The minimum atomic E-state index is -0.404. The molecule has 1 atom stereocenters. The normalized spacial score (nSPS) is 17.5. The summed E-state index contributed by atoms with van der Waals surface area (Å²) in [6.07, 6.45) is 2.18. The number of ether oxygens (including phenoxy) is 4. The molecule has 0 fully saturated rings. The number of hydrogen-bond acceptors (Lipinski definition) is 7.